The Balaban J connectivity index is 2.04. The lowest BCUT2D eigenvalue weighted by molar-refractivity contribution is -0.121. The van der Waals surface area contributed by atoms with Gasteiger partial charge >= 0.3 is 0 Å². The van der Waals surface area contributed by atoms with E-state index in [0.29, 0.717) is 19.5 Å². The number of unbranched alkanes of at least 4 members (excludes halogenated alkanes) is 2. The van der Waals surface area contributed by atoms with Gasteiger partial charge in [0.05, 0.1) is 6.54 Å². The molecule has 0 saturated heterocycles. The van der Waals surface area contributed by atoms with Crippen molar-refractivity contribution in [2.75, 3.05) is 6.54 Å². The first kappa shape index (κ1) is 11.7. The van der Waals surface area contributed by atoms with Gasteiger partial charge < -0.3 is 15.6 Å². The van der Waals surface area contributed by atoms with E-state index in [0.717, 1.165) is 25.0 Å². The van der Waals surface area contributed by atoms with E-state index >= 15 is 0 Å². The Morgan fingerprint density at radius 1 is 1.47 bits per heavy atom. The number of hydrogen-bond acceptors (Lipinski definition) is 4. The first-order valence-corrected chi connectivity index (χ1v) is 5.19. The molecule has 0 spiro atoms. The molecule has 3 N–H and O–H groups in total. The summed E-state index contributed by atoms with van der Waals surface area (Å²) in [5.41, 5.74) is 6.09. The molecule has 1 aromatic heterocycles. The van der Waals surface area contributed by atoms with Gasteiger partial charge in [-0.15, -0.1) is 0 Å². The first-order chi connectivity index (χ1) is 7.33. The van der Waals surface area contributed by atoms with Crippen LogP contribution in [0.15, 0.2) is 16.9 Å². The highest BCUT2D eigenvalue weighted by Crippen LogP contribution is 1.99. The largest absolute Gasteiger partial charge is 0.364 e. The first-order valence-electron chi connectivity index (χ1n) is 5.19. The summed E-state index contributed by atoms with van der Waals surface area (Å²) in [6.45, 7) is 1.13. The molecule has 0 atom stereocenters. The number of nitrogens with zero attached hydrogens (tertiary/aromatic N) is 1. The van der Waals surface area contributed by atoms with E-state index < -0.39 is 0 Å². The van der Waals surface area contributed by atoms with Crippen LogP contribution in [-0.2, 0) is 11.3 Å². The number of amides is 1. The van der Waals surface area contributed by atoms with Crippen LogP contribution in [0.4, 0.5) is 0 Å². The van der Waals surface area contributed by atoms with Gasteiger partial charge in [0.2, 0.25) is 5.91 Å². The molecule has 5 nitrogen and oxygen atoms in total. The molecule has 0 aliphatic carbocycles. The fourth-order valence-corrected chi connectivity index (χ4v) is 1.21. The molecular weight excluding hydrogens is 194 g/mol. The van der Waals surface area contributed by atoms with Crippen molar-refractivity contribution >= 4 is 5.91 Å². The number of nitrogens with one attached hydrogen (secondary N) is 1. The van der Waals surface area contributed by atoms with Crippen LogP contribution in [0.1, 0.15) is 31.4 Å². The predicted octanol–water partition coefficient (Wildman–Crippen LogP) is 0.810. The molecule has 1 rings (SSSR count). The van der Waals surface area contributed by atoms with E-state index in [9.17, 15) is 4.79 Å². The topological polar surface area (TPSA) is 81.2 Å². The van der Waals surface area contributed by atoms with Crippen molar-refractivity contribution < 1.29 is 9.32 Å². The van der Waals surface area contributed by atoms with Crippen LogP contribution in [0.25, 0.3) is 0 Å². The van der Waals surface area contributed by atoms with Crippen molar-refractivity contribution in [1.82, 2.24) is 10.5 Å². The lowest BCUT2D eigenvalue weighted by Crippen LogP contribution is -2.22. The second-order valence-electron chi connectivity index (χ2n) is 3.37. The normalized spacial score (nSPS) is 10.2. The van der Waals surface area contributed by atoms with Gasteiger partial charge in [-0.25, -0.2) is 0 Å². The van der Waals surface area contributed by atoms with Gasteiger partial charge in [0.1, 0.15) is 12.0 Å². The molecule has 1 amide bonds. The molecule has 0 radical (unpaired) electrons. The predicted molar refractivity (Wildman–Crippen MR) is 55.9 cm³/mol. The molecule has 0 unspecified atom stereocenters. The Bertz CT molecular complexity index is 272. The summed E-state index contributed by atoms with van der Waals surface area (Å²) in [5, 5.41) is 6.46. The highest BCUT2D eigenvalue weighted by Gasteiger charge is 2.02. The number of hydrogen-bond donors (Lipinski definition) is 2. The molecule has 5 heteroatoms. The summed E-state index contributed by atoms with van der Waals surface area (Å²) in [4.78, 5) is 11.3. The van der Waals surface area contributed by atoms with Crippen LogP contribution < -0.4 is 11.1 Å². The van der Waals surface area contributed by atoms with Crippen LogP contribution in [0.5, 0.6) is 0 Å². The van der Waals surface area contributed by atoms with Crippen LogP contribution in [0, 0.1) is 0 Å². The maximum Gasteiger partial charge on any atom is 0.220 e. The van der Waals surface area contributed by atoms with Gasteiger partial charge in [0.25, 0.3) is 0 Å². The SMILES string of the molecule is NCCCCCC(=O)NCc1ccon1. The highest BCUT2D eigenvalue weighted by atomic mass is 16.5. The highest BCUT2D eigenvalue weighted by molar-refractivity contribution is 5.75. The second-order valence-corrected chi connectivity index (χ2v) is 3.37. The quantitative estimate of drug-likeness (QED) is 0.654. The zero-order valence-corrected chi connectivity index (χ0v) is 8.74. The molecule has 84 valence electrons. The zero-order valence-electron chi connectivity index (χ0n) is 8.74. The molecular formula is C10H17N3O2. The third-order valence-electron chi connectivity index (χ3n) is 2.07. The Labute approximate surface area is 89.0 Å². The van der Waals surface area contributed by atoms with Crippen LogP contribution in [-0.4, -0.2) is 17.6 Å². The van der Waals surface area contributed by atoms with Gasteiger partial charge in [0.15, 0.2) is 0 Å². The number of nitrogens with two attached hydrogens (primary N) is 1. The van der Waals surface area contributed by atoms with Crippen LogP contribution in [0.2, 0.25) is 0 Å². The minimum Gasteiger partial charge on any atom is -0.364 e. The molecule has 0 aliphatic heterocycles. The van der Waals surface area contributed by atoms with Crippen molar-refractivity contribution in [2.24, 2.45) is 5.73 Å². The van der Waals surface area contributed by atoms with Gasteiger partial charge in [-0.1, -0.05) is 11.6 Å². The molecule has 1 aromatic rings. The van der Waals surface area contributed by atoms with Gasteiger partial charge in [0, 0.05) is 12.5 Å². The maximum atomic E-state index is 11.3. The Kier molecular flexibility index (Phi) is 5.47. The second kappa shape index (κ2) is 7.00. The van der Waals surface area contributed by atoms with E-state index in [1.54, 1.807) is 6.07 Å². The Morgan fingerprint density at radius 2 is 2.33 bits per heavy atom. The fraction of sp³-hybridized carbons (Fsp3) is 0.600. The summed E-state index contributed by atoms with van der Waals surface area (Å²) in [7, 11) is 0. The van der Waals surface area contributed by atoms with Gasteiger partial charge in [-0.05, 0) is 19.4 Å². The summed E-state index contributed by atoms with van der Waals surface area (Å²) >= 11 is 0. The number of rotatable bonds is 7. The van der Waals surface area contributed by atoms with Crippen molar-refractivity contribution in [3.8, 4) is 0 Å². The average Bonchev–Trinajstić information content (AvgIpc) is 2.74. The third-order valence-corrected chi connectivity index (χ3v) is 2.07. The van der Waals surface area contributed by atoms with E-state index in [2.05, 4.69) is 15.0 Å². The molecule has 0 aliphatic rings. The molecule has 0 fully saturated rings. The lowest BCUT2D eigenvalue weighted by atomic mass is 10.2. The van der Waals surface area contributed by atoms with Gasteiger partial charge in [-0.3, -0.25) is 4.79 Å². The lowest BCUT2D eigenvalue weighted by Gasteiger charge is -2.02. The third kappa shape index (κ3) is 5.17. The molecule has 15 heavy (non-hydrogen) atoms. The Hall–Kier alpha value is -1.36. The molecule has 1 heterocycles. The fourth-order valence-electron chi connectivity index (χ4n) is 1.21. The van der Waals surface area contributed by atoms with Crippen molar-refractivity contribution in [1.29, 1.82) is 0 Å². The van der Waals surface area contributed by atoms with Gasteiger partial charge in [-0.2, -0.15) is 0 Å². The van der Waals surface area contributed by atoms with Crippen LogP contribution >= 0.6 is 0 Å². The smallest absolute Gasteiger partial charge is 0.220 e. The minimum atomic E-state index is 0.0509. The van der Waals surface area contributed by atoms with Crippen molar-refractivity contribution in [3.63, 3.8) is 0 Å². The van der Waals surface area contributed by atoms with E-state index in [1.807, 2.05) is 0 Å². The summed E-state index contributed by atoms with van der Waals surface area (Å²) in [6, 6.07) is 1.73. The zero-order chi connectivity index (χ0) is 10.9. The molecule has 0 bridgehead atoms. The number of aromatic nitrogens is 1. The van der Waals surface area contributed by atoms with E-state index in [1.165, 1.54) is 6.26 Å². The number of carbonyl (C=O) groups is 1. The van der Waals surface area contributed by atoms with Crippen LogP contribution in [0.3, 0.4) is 0 Å². The van der Waals surface area contributed by atoms with E-state index in [-0.39, 0.29) is 5.91 Å². The Morgan fingerprint density at radius 3 is 3.00 bits per heavy atom. The summed E-state index contributed by atoms with van der Waals surface area (Å²) < 4.78 is 4.64. The van der Waals surface area contributed by atoms with Crippen molar-refractivity contribution in [2.45, 2.75) is 32.2 Å². The van der Waals surface area contributed by atoms with E-state index in [4.69, 9.17) is 5.73 Å². The average molecular weight is 211 g/mol. The maximum absolute atomic E-state index is 11.3. The standard InChI is InChI=1S/C10H17N3O2/c11-6-3-1-2-4-10(14)12-8-9-5-7-15-13-9/h5,7H,1-4,6,8,11H2,(H,12,14). The minimum absolute atomic E-state index is 0.0509. The molecule has 0 aromatic carbocycles. The monoisotopic (exact) mass is 211 g/mol. The summed E-state index contributed by atoms with van der Waals surface area (Å²) in [5.74, 6) is 0.0509. The van der Waals surface area contributed by atoms with Crippen molar-refractivity contribution in [3.05, 3.63) is 18.0 Å². The molecule has 0 saturated carbocycles. The number of carbonyl (C=O) groups excluding carboxylic acids is 1. The summed E-state index contributed by atoms with van der Waals surface area (Å²) in [6.07, 6.45) is 4.92.